The molecule has 0 unspecified atom stereocenters. The summed E-state index contributed by atoms with van der Waals surface area (Å²) >= 11 is 22.0. The van der Waals surface area contributed by atoms with Crippen molar-refractivity contribution in [2.45, 2.75) is 0 Å². The maximum atomic E-state index is 11.6. The van der Waals surface area contributed by atoms with Gasteiger partial charge < -0.3 is 0 Å². The number of fused-ring (bicyclic) bond motifs is 1. The fourth-order valence-electron chi connectivity index (χ4n) is 2.15. The molecule has 0 bridgehead atoms. The van der Waals surface area contributed by atoms with Gasteiger partial charge in [0.05, 0.1) is 0 Å². The lowest BCUT2D eigenvalue weighted by molar-refractivity contribution is 0.106. The molecule has 2 aromatic carbocycles. The van der Waals surface area contributed by atoms with Crippen LogP contribution < -0.4 is 0 Å². The number of carbonyl (C=O) groups excluding carboxylic acids is 4. The summed E-state index contributed by atoms with van der Waals surface area (Å²) in [6.45, 7) is 0. The molecule has 0 N–H and O–H groups in total. The van der Waals surface area contributed by atoms with Crippen molar-refractivity contribution >= 4 is 78.1 Å². The summed E-state index contributed by atoms with van der Waals surface area (Å²) in [6.07, 6.45) is 0. The van der Waals surface area contributed by atoms with E-state index >= 15 is 0 Å². The highest BCUT2D eigenvalue weighted by molar-refractivity contribution is 6.73. The van der Waals surface area contributed by atoms with Crippen LogP contribution in [0.15, 0.2) is 24.3 Å². The number of halogens is 4. The van der Waals surface area contributed by atoms with Gasteiger partial charge in [-0.25, -0.2) is 0 Å². The molecule has 0 aliphatic heterocycles. The predicted molar refractivity (Wildman–Crippen MR) is 84.7 cm³/mol. The van der Waals surface area contributed by atoms with Crippen LogP contribution in [0.2, 0.25) is 0 Å². The highest BCUT2D eigenvalue weighted by Crippen LogP contribution is 2.33. The van der Waals surface area contributed by atoms with Gasteiger partial charge in [-0.15, -0.1) is 0 Å². The molecule has 4 nitrogen and oxygen atoms in total. The molecule has 22 heavy (non-hydrogen) atoms. The Kier molecular flexibility index (Phi) is 4.87. The first-order valence-corrected chi connectivity index (χ1v) is 7.16. The summed E-state index contributed by atoms with van der Waals surface area (Å²) in [5.41, 5.74) is -0.381. The van der Waals surface area contributed by atoms with E-state index in [0.29, 0.717) is 0 Å². The zero-order chi connectivity index (χ0) is 16.6. The fraction of sp³-hybridized carbons (Fsp3) is 0. The van der Waals surface area contributed by atoms with E-state index in [0.717, 1.165) is 0 Å². The quantitative estimate of drug-likeness (QED) is 0.742. The lowest BCUT2D eigenvalue weighted by Crippen LogP contribution is -2.05. The number of carbonyl (C=O) groups is 4. The summed E-state index contributed by atoms with van der Waals surface area (Å²) in [7, 11) is 0. The minimum Gasteiger partial charge on any atom is -0.276 e. The molecule has 0 aliphatic carbocycles. The monoisotopic (exact) mass is 376 g/mol. The second kappa shape index (κ2) is 6.34. The molecule has 2 aromatic rings. The van der Waals surface area contributed by atoms with Crippen LogP contribution in [-0.4, -0.2) is 21.0 Å². The van der Waals surface area contributed by atoms with Crippen LogP contribution in [0.3, 0.4) is 0 Å². The Labute approximate surface area is 143 Å². The van der Waals surface area contributed by atoms with Crippen LogP contribution in [0.4, 0.5) is 0 Å². The van der Waals surface area contributed by atoms with E-state index in [1.54, 1.807) is 0 Å². The first-order valence-electron chi connectivity index (χ1n) is 5.64. The van der Waals surface area contributed by atoms with Gasteiger partial charge in [0, 0.05) is 33.0 Å². The van der Waals surface area contributed by atoms with Crippen molar-refractivity contribution in [2.75, 3.05) is 0 Å². The lowest BCUT2D eigenvalue weighted by Gasteiger charge is -2.12. The summed E-state index contributed by atoms with van der Waals surface area (Å²) in [6, 6.07) is 4.89. The smallest absolute Gasteiger partial charge is 0.253 e. The van der Waals surface area contributed by atoms with Crippen LogP contribution in [-0.2, 0) is 0 Å². The molecule has 0 radical (unpaired) electrons. The number of rotatable bonds is 4. The predicted octanol–water partition coefficient (Wildman–Crippen LogP) is 4.36. The molecular formula is C14H4Cl4O4. The van der Waals surface area contributed by atoms with Gasteiger partial charge >= 0.3 is 0 Å². The normalized spacial score (nSPS) is 10.5. The van der Waals surface area contributed by atoms with Crippen molar-refractivity contribution in [1.82, 2.24) is 0 Å². The highest BCUT2D eigenvalue weighted by atomic mass is 35.5. The van der Waals surface area contributed by atoms with E-state index < -0.39 is 21.0 Å². The molecule has 0 aromatic heterocycles. The molecule has 8 heteroatoms. The third-order valence-corrected chi connectivity index (χ3v) is 3.82. The molecule has 0 spiro atoms. The molecule has 0 atom stereocenters. The average Bonchev–Trinajstić information content (AvgIpc) is 2.43. The summed E-state index contributed by atoms with van der Waals surface area (Å²) in [5.74, 6) is 0. The number of hydrogen-bond acceptors (Lipinski definition) is 4. The summed E-state index contributed by atoms with van der Waals surface area (Å²) in [4.78, 5) is 46.3. The van der Waals surface area contributed by atoms with Crippen molar-refractivity contribution < 1.29 is 19.2 Å². The number of hydrogen-bond donors (Lipinski definition) is 0. The van der Waals surface area contributed by atoms with E-state index in [1.165, 1.54) is 24.3 Å². The van der Waals surface area contributed by atoms with Gasteiger partial charge in [0.25, 0.3) is 21.0 Å². The highest BCUT2D eigenvalue weighted by Gasteiger charge is 2.23. The third kappa shape index (κ3) is 2.88. The molecule has 0 saturated heterocycles. The van der Waals surface area contributed by atoms with Gasteiger partial charge in [0.2, 0.25) is 0 Å². The standard InChI is InChI=1S/C14H4Cl4O4/c15-11(19)5-1-2-6(12(16)20)10-8(14(18)22)4-3-7(9(5)10)13(17)21/h1-4H. The zero-order valence-corrected chi connectivity index (χ0v) is 13.5. The molecule has 0 amide bonds. The van der Waals surface area contributed by atoms with Crippen LogP contribution >= 0.6 is 46.4 Å². The van der Waals surface area contributed by atoms with Crippen molar-refractivity contribution in [3.63, 3.8) is 0 Å². The minimum absolute atomic E-state index is 0.0435. The molecule has 0 aliphatic rings. The van der Waals surface area contributed by atoms with Gasteiger partial charge in [-0.3, -0.25) is 19.2 Å². The van der Waals surface area contributed by atoms with Crippen molar-refractivity contribution in [3.05, 3.63) is 46.5 Å². The van der Waals surface area contributed by atoms with Crippen molar-refractivity contribution in [2.24, 2.45) is 0 Å². The van der Waals surface area contributed by atoms with Crippen LogP contribution in [0, 0.1) is 0 Å². The zero-order valence-electron chi connectivity index (χ0n) is 10.5. The Morgan fingerprint density at radius 1 is 0.500 bits per heavy atom. The molecule has 2 rings (SSSR count). The van der Waals surface area contributed by atoms with Crippen molar-refractivity contribution in [1.29, 1.82) is 0 Å². The van der Waals surface area contributed by atoms with Gasteiger partial charge in [-0.2, -0.15) is 0 Å². The molecule has 0 saturated carbocycles. The molecule has 0 heterocycles. The first kappa shape index (κ1) is 16.9. The second-order valence-corrected chi connectivity index (χ2v) is 5.54. The average molecular weight is 378 g/mol. The fourth-order valence-corrected chi connectivity index (χ4v) is 2.78. The van der Waals surface area contributed by atoms with Gasteiger partial charge in [0.1, 0.15) is 0 Å². The lowest BCUT2D eigenvalue weighted by atomic mass is 9.93. The van der Waals surface area contributed by atoms with Gasteiger partial charge in [-0.1, -0.05) is 0 Å². The van der Waals surface area contributed by atoms with Gasteiger partial charge in [-0.05, 0) is 70.7 Å². The Morgan fingerprint density at radius 2 is 0.682 bits per heavy atom. The Hall–Kier alpha value is -1.46. The summed E-state index contributed by atoms with van der Waals surface area (Å²) in [5, 5.41) is -3.65. The van der Waals surface area contributed by atoms with E-state index in [4.69, 9.17) is 46.4 Å². The van der Waals surface area contributed by atoms with Crippen LogP contribution in [0.5, 0.6) is 0 Å². The maximum Gasteiger partial charge on any atom is 0.253 e. The minimum atomic E-state index is -0.892. The maximum absolute atomic E-state index is 11.6. The van der Waals surface area contributed by atoms with Crippen LogP contribution in [0.25, 0.3) is 10.8 Å². The molecule has 0 fully saturated rings. The van der Waals surface area contributed by atoms with E-state index in [1.807, 2.05) is 0 Å². The Balaban J connectivity index is 3.17. The SMILES string of the molecule is O=C(Cl)c1ccc(C(=O)Cl)c2c(C(=O)Cl)ccc(C(=O)Cl)c12. The van der Waals surface area contributed by atoms with Crippen LogP contribution in [0.1, 0.15) is 41.4 Å². The number of benzene rings is 2. The van der Waals surface area contributed by atoms with Gasteiger partial charge in [0.15, 0.2) is 0 Å². The molecule has 112 valence electrons. The Morgan fingerprint density at radius 3 is 0.818 bits per heavy atom. The summed E-state index contributed by atoms with van der Waals surface area (Å²) < 4.78 is 0. The van der Waals surface area contributed by atoms with E-state index in [2.05, 4.69) is 0 Å². The largest absolute Gasteiger partial charge is 0.276 e. The third-order valence-electron chi connectivity index (χ3n) is 3.01. The second-order valence-electron chi connectivity index (χ2n) is 4.17. The van der Waals surface area contributed by atoms with E-state index in [-0.39, 0.29) is 33.0 Å². The molecular weight excluding hydrogens is 374 g/mol. The first-order chi connectivity index (χ1) is 10.3. The van der Waals surface area contributed by atoms with E-state index in [9.17, 15) is 19.2 Å². The van der Waals surface area contributed by atoms with Crippen molar-refractivity contribution in [3.8, 4) is 0 Å². The topological polar surface area (TPSA) is 68.3 Å². The Bertz CT molecular complexity index is 720.